The lowest BCUT2D eigenvalue weighted by molar-refractivity contribution is -0.116. The van der Waals surface area contributed by atoms with Gasteiger partial charge in [-0.25, -0.2) is 4.98 Å². The van der Waals surface area contributed by atoms with E-state index in [-0.39, 0.29) is 24.6 Å². The highest BCUT2D eigenvalue weighted by molar-refractivity contribution is 8.00. The molecule has 2 N–H and O–H groups in total. The van der Waals surface area contributed by atoms with E-state index in [4.69, 9.17) is 20.5 Å². The molecule has 0 unspecified atom stereocenters. The fourth-order valence-corrected chi connectivity index (χ4v) is 4.20. The van der Waals surface area contributed by atoms with Crippen molar-refractivity contribution in [3.05, 3.63) is 41.1 Å². The molecule has 2 amide bonds. The van der Waals surface area contributed by atoms with Crippen LogP contribution in [-0.2, 0) is 4.79 Å². The van der Waals surface area contributed by atoms with Crippen molar-refractivity contribution >= 4 is 29.3 Å². The van der Waals surface area contributed by atoms with E-state index in [2.05, 4.69) is 11.1 Å². The highest BCUT2D eigenvalue weighted by Crippen LogP contribution is 2.34. The summed E-state index contributed by atoms with van der Waals surface area (Å²) in [6.45, 7) is 4.75. The van der Waals surface area contributed by atoms with E-state index < -0.39 is 5.91 Å². The summed E-state index contributed by atoms with van der Waals surface area (Å²) in [5.74, 6) is 0.424. The average Bonchev–Trinajstić information content (AvgIpc) is 2.71. The van der Waals surface area contributed by atoms with E-state index in [9.17, 15) is 9.59 Å². The molecule has 30 heavy (non-hydrogen) atoms. The summed E-state index contributed by atoms with van der Waals surface area (Å²) in [5.41, 5.74) is 7.90. The summed E-state index contributed by atoms with van der Waals surface area (Å²) in [5, 5.41) is 9.43. The van der Waals surface area contributed by atoms with Crippen molar-refractivity contribution in [1.29, 1.82) is 5.26 Å². The number of anilines is 1. The van der Waals surface area contributed by atoms with Crippen LogP contribution in [0.5, 0.6) is 11.5 Å². The molecule has 1 aromatic carbocycles. The van der Waals surface area contributed by atoms with Crippen molar-refractivity contribution in [3.63, 3.8) is 0 Å². The van der Waals surface area contributed by atoms with Crippen molar-refractivity contribution in [2.45, 2.75) is 25.3 Å². The van der Waals surface area contributed by atoms with Gasteiger partial charge in [0.15, 0.2) is 11.5 Å². The van der Waals surface area contributed by atoms with Gasteiger partial charge >= 0.3 is 0 Å². The molecule has 1 aliphatic rings. The smallest absolute Gasteiger partial charge is 0.251 e. The predicted octanol–water partition coefficient (Wildman–Crippen LogP) is 2.61. The third-order valence-electron chi connectivity index (χ3n) is 4.48. The highest BCUT2D eigenvalue weighted by Gasteiger charge is 2.21. The Balaban J connectivity index is 1.82. The first-order valence-corrected chi connectivity index (χ1v) is 10.4. The molecule has 0 radical (unpaired) electrons. The zero-order valence-corrected chi connectivity index (χ0v) is 17.6. The molecule has 0 saturated carbocycles. The molecule has 156 valence electrons. The van der Waals surface area contributed by atoms with Gasteiger partial charge in [0.2, 0.25) is 5.91 Å². The number of rotatable bonds is 7. The summed E-state index contributed by atoms with van der Waals surface area (Å²) in [7, 11) is 0. The minimum atomic E-state index is -0.580. The Morgan fingerprint density at radius 2 is 1.97 bits per heavy atom. The van der Waals surface area contributed by atoms with Crippen molar-refractivity contribution < 1.29 is 19.1 Å². The second-order valence-electron chi connectivity index (χ2n) is 6.70. The fraction of sp³-hybridized carbons (Fsp3) is 0.333. The molecule has 2 heterocycles. The van der Waals surface area contributed by atoms with E-state index >= 15 is 0 Å². The number of nitrogens with two attached hydrogens (primary N) is 1. The summed E-state index contributed by atoms with van der Waals surface area (Å²) in [6, 6.07) is 9.09. The molecule has 0 spiro atoms. The van der Waals surface area contributed by atoms with Crippen LogP contribution in [0, 0.1) is 25.2 Å². The van der Waals surface area contributed by atoms with Crippen LogP contribution in [-0.4, -0.2) is 42.3 Å². The Kier molecular flexibility index (Phi) is 6.79. The number of hydrogen-bond donors (Lipinski definition) is 1. The van der Waals surface area contributed by atoms with Crippen LogP contribution >= 0.6 is 11.8 Å². The van der Waals surface area contributed by atoms with Gasteiger partial charge < -0.3 is 20.1 Å². The third kappa shape index (κ3) is 4.83. The number of pyridine rings is 1. The second-order valence-corrected chi connectivity index (χ2v) is 7.66. The van der Waals surface area contributed by atoms with Crippen molar-refractivity contribution in [3.8, 4) is 17.6 Å². The Morgan fingerprint density at radius 1 is 1.23 bits per heavy atom. The van der Waals surface area contributed by atoms with Crippen LogP contribution in [0.2, 0.25) is 0 Å². The molecule has 0 aliphatic carbocycles. The lowest BCUT2D eigenvalue weighted by Crippen LogP contribution is -2.33. The Hall–Kier alpha value is -3.25. The molecule has 0 fully saturated rings. The molecule has 9 heteroatoms. The Morgan fingerprint density at radius 3 is 2.67 bits per heavy atom. The summed E-state index contributed by atoms with van der Waals surface area (Å²) >= 11 is 1.16. The molecule has 0 saturated heterocycles. The van der Waals surface area contributed by atoms with Crippen LogP contribution in [0.15, 0.2) is 29.3 Å². The number of nitrogens with zero attached hydrogens (tertiary/aromatic N) is 3. The molecular weight excluding hydrogens is 404 g/mol. The largest absolute Gasteiger partial charge is 0.486 e. The van der Waals surface area contributed by atoms with Crippen LogP contribution in [0.1, 0.15) is 28.0 Å². The highest BCUT2D eigenvalue weighted by atomic mass is 32.2. The van der Waals surface area contributed by atoms with Crippen molar-refractivity contribution in [1.82, 2.24) is 4.98 Å². The SMILES string of the molecule is Cc1cc(C)c(C(N)=O)c(SCC(=O)N(CCC#N)c2ccc3c(c2)OCCO3)n1. The molecule has 0 atom stereocenters. The number of aryl methyl sites for hydroxylation is 2. The maximum atomic E-state index is 13.0. The number of primary amides is 1. The van der Waals surface area contributed by atoms with Crippen LogP contribution < -0.4 is 20.1 Å². The first kappa shape index (κ1) is 21.5. The maximum Gasteiger partial charge on any atom is 0.251 e. The van der Waals surface area contributed by atoms with Crippen LogP contribution in [0.4, 0.5) is 5.69 Å². The summed E-state index contributed by atoms with van der Waals surface area (Å²) in [4.78, 5) is 30.8. The minimum Gasteiger partial charge on any atom is -0.486 e. The summed E-state index contributed by atoms with van der Waals surface area (Å²) < 4.78 is 11.1. The average molecular weight is 426 g/mol. The molecule has 1 aromatic heterocycles. The number of fused-ring (bicyclic) bond motifs is 1. The monoisotopic (exact) mass is 426 g/mol. The third-order valence-corrected chi connectivity index (χ3v) is 5.44. The lowest BCUT2D eigenvalue weighted by Gasteiger charge is -2.25. The van der Waals surface area contributed by atoms with Crippen molar-refractivity contribution in [2.75, 3.05) is 30.4 Å². The van der Waals surface area contributed by atoms with Gasteiger partial charge in [-0.2, -0.15) is 5.26 Å². The second kappa shape index (κ2) is 9.50. The Labute approximate surface area is 179 Å². The van der Waals surface area contributed by atoms with Gasteiger partial charge in [-0.05, 0) is 37.6 Å². The van der Waals surface area contributed by atoms with E-state index in [0.29, 0.717) is 41.0 Å². The number of carbonyl (C=O) groups is 2. The zero-order chi connectivity index (χ0) is 21.7. The number of benzene rings is 1. The maximum absolute atomic E-state index is 13.0. The molecule has 2 aromatic rings. The van der Waals surface area contributed by atoms with E-state index in [1.807, 2.05) is 6.92 Å². The topological polar surface area (TPSA) is 119 Å². The van der Waals surface area contributed by atoms with E-state index in [0.717, 1.165) is 23.0 Å². The van der Waals surface area contributed by atoms with Gasteiger partial charge in [-0.15, -0.1) is 0 Å². The lowest BCUT2D eigenvalue weighted by atomic mass is 10.1. The minimum absolute atomic E-state index is 0.0377. The van der Waals surface area contributed by atoms with E-state index in [1.54, 1.807) is 31.2 Å². The van der Waals surface area contributed by atoms with E-state index in [1.165, 1.54) is 4.90 Å². The molecule has 8 nitrogen and oxygen atoms in total. The fourth-order valence-electron chi connectivity index (χ4n) is 3.17. The number of ether oxygens (including phenoxy) is 2. The van der Waals surface area contributed by atoms with Gasteiger partial charge in [0, 0.05) is 24.0 Å². The number of nitriles is 1. The Bertz CT molecular complexity index is 1020. The van der Waals surface area contributed by atoms with Gasteiger partial charge in [0.1, 0.15) is 18.2 Å². The number of hydrogen-bond acceptors (Lipinski definition) is 7. The molecular formula is C21H22N4O4S. The first-order chi connectivity index (χ1) is 14.4. The summed E-state index contributed by atoms with van der Waals surface area (Å²) in [6.07, 6.45) is 0.180. The molecule has 3 rings (SSSR count). The van der Waals surface area contributed by atoms with Crippen LogP contribution in [0.3, 0.4) is 0 Å². The standard InChI is InChI=1S/C21H22N4O4S/c1-13-10-14(2)24-21(19(13)20(23)27)30-12-18(26)25(7-3-6-22)15-4-5-16-17(11-15)29-9-8-28-16/h4-5,10-11H,3,7-9,12H2,1-2H3,(H2,23,27). The number of aromatic nitrogens is 1. The van der Waals surface area contributed by atoms with Gasteiger partial charge in [0.25, 0.3) is 5.91 Å². The molecule has 1 aliphatic heterocycles. The quantitative estimate of drug-likeness (QED) is 0.676. The first-order valence-electron chi connectivity index (χ1n) is 9.38. The zero-order valence-electron chi connectivity index (χ0n) is 16.8. The molecule has 0 bridgehead atoms. The van der Waals surface area contributed by atoms with Gasteiger partial charge in [-0.3, -0.25) is 9.59 Å². The normalized spacial score (nSPS) is 12.2. The predicted molar refractivity (Wildman–Crippen MR) is 113 cm³/mol. The number of carbonyl (C=O) groups excluding carboxylic acids is 2. The number of thioether (sulfide) groups is 1. The van der Waals surface area contributed by atoms with Crippen LogP contribution in [0.25, 0.3) is 0 Å². The van der Waals surface area contributed by atoms with Crippen molar-refractivity contribution in [2.24, 2.45) is 5.73 Å². The van der Waals surface area contributed by atoms with Gasteiger partial charge in [0.05, 0.1) is 23.8 Å². The number of amides is 2. The van der Waals surface area contributed by atoms with Gasteiger partial charge in [-0.1, -0.05) is 11.8 Å².